The lowest BCUT2D eigenvalue weighted by Crippen LogP contribution is -2.24. The third kappa shape index (κ3) is 2.52. The van der Waals surface area contributed by atoms with Crippen LogP contribution in [0, 0.1) is 0 Å². The molecule has 3 rings (SSSR count). The van der Waals surface area contributed by atoms with Crippen LogP contribution in [0.5, 0.6) is 0 Å². The Morgan fingerprint density at radius 2 is 2.00 bits per heavy atom. The van der Waals surface area contributed by atoms with E-state index in [-0.39, 0.29) is 5.91 Å². The number of nitrogens with one attached hydrogen (secondary N) is 1. The summed E-state index contributed by atoms with van der Waals surface area (Å²) in [6.45, 7) is 2.72. The number of nitrogens with zero attached hydrogens (tertiary/aromatic N) is 2. The zero-order valence-electron chi connectivity index (χ0n) is 11.9. The van der Waals surface area contributed by atoms with Crippen LogP contribution in [0.2, 0.25) is 0 Å². The topological polar surface area (TPSA) is 46.4 Å². The van der Waals surface area contributed by atoms with Crippen molar-refractivity contribution in [3.63, 3.8) is 0 Å². The maximum atomic E-state index is 12.3. The van der Waals surface area contributed by atoms with Crippen molar-refractivity contribution in [1.82, 2.24) is 14.9 Å². The van der Waals surface area contributed by atoms with Gasteiger partial charge >= 0.3 is 0 Å². The van der Waals surface area contributed by atoms with Crippen molar-refractivity contribution in [3.8, 4) is 11.3 Å². The van der Waals surface area contributed by atoms with E-state index in [0.717, 1.165) is 23.2 Å². The van der Waals surface area contributed by atoms with Crippen molar-refractivity contribution in [2.45, 2.75) is 13.3 Å². The molecule has 0 unspecified atom stereocenters. The minimum atomic E-state index is -0.0448. The quantitative estimate of drug-likeness (QED) is 0.797. The van der Waals surface area contributed by atoms with Gasteiger partial charge in [-0.1, -0.05) is 31.2 Å². The van der Waals surface area contributed by atoms with Crippen LogP contribution in [0.1, 0.15) is 23.7 Å². The molecule has 1 aromatic carbocycles. The van der Waals surface area contributed by atoms with E-state index >= 15 is 0 Å². The highest BCUT2D eigenvalue weighted by Gasteiger charge is 2.14. The van der Waals surface area contributed by atoms with E-state index in [1.165, 1.54) is 0 Å². The first kappa shape index (κ1) is 13.4. The molecule has 2 aromatic heterocycles. The van der Waals surface area contributed by atoms with E-state index in [4.69, 9.17) is 0 Å². The van der Waals surface area contributed by atoms with Crippen LogP contribution in [0.3, 0.4) is 0 Å². The Balaban J connectivity index is 2.10. The monoisotopic (exact) mass is 279 g/mol. The molecule has 2 heterocycles. The Kier molecular flexibility index (Phi) is 3.69. The van der Waals surface area contributed by atoms with Crippen LogP contribution in [-0.2, 0) is 0 Å². The maximum absolute atomic E-state index is 12.3. The molecule has 0 saturated heterocycles. The van der Waals surface area contributed by atoms with Crippen molar-refractivity contribution >= 4 is 11.4 Å². The second-order valence-corrected chi connectivity index (χ2v) is 4.88. The first-order chi connectivity index (χ1) is 10.3. The molecule has 3 aromatic rings. The van der Waals surface area contributed by atoms with Gasteiger partial charge in [-0.25, -0.2) is 4.52 Å². The number of carbonyl (C=O) groups excluding carboxylic acids is 1. The Hall–Kier alpha value is -2.62. The number of fused-ring (bicyclic) bond motifs is 1. The van der Waals surface area contributed by atoms with Crippen LogP contribution in [0.4, 0.5) is 0 Å². The summed E-state index contributed by atoms with van der Waals surface area (Å²) in [5, 5.41) is 7.27. The summed E-state index contributed by atoms with van der Waals surface area (Å²) in [6.07, 6.45) is 2.68. The van der Waals surface area contributed by atoms with Crippen molar-refractivity contribution < 1.29 is 4.79 Å². The zero-order chi connectivity index (χ0) is 14.7. The number of amides is 1. The molecular formula is C17H17N3O. The molecule has 0 aliphatic heterocycles. The third-order valence-corrected chi connectivity index (χ3v) is 3.40. The van der Waals surface area contributed by atoms with Gasteiger partial charge in [0.25, 0.3) is 5.91 Å². The molecule has 0 aliphatic carbocycles. The number of pyridine rings is 1. The predicted molar refractivity (Wildman–Crippen MR) is 83.3 cm³/mol. The number of aromatic nitrogens is 2. The summed E-state index contributed by atoms with van der Waals surface area (Å²) in [4.78, 5) is 12.3. The summed E-state index contributed by atoms with van der Waals surface area (Å²) in [5.74, 6) is -0.0448. The first-order valence-electron chi connectivity index (χ1n) is 7.11. The molecule has 0 bridgehead atoms. The molecule has 0 radical (unpaired) electrons. The number of benzene rings is 1. The van der Waals surface area contributed by atoms with Crippen LogP contribution >= 0.6 is 0 Å². The fourth-order valence-electron chi connectivity index (χ4n) is 2.39. The fraction of sp³-hybridized carbons (Fsp3) is 0.176. The second-order valence-electron chi connectivity index (χ2n) is 4.88. The number of carbonyl (C=O) groups is 1. The van der Waals surface area contributed by atoms with Gasteiger partial charge in [0.2, 0.25) is 0 Å². The minimum absolute atomic E-state index is 0.0448. The van der Waals surface area contributed by atoms with Crippen LogP contribution in [-0.4, -0.2) is 22.1 Å². The zero-order valence-corrected chi connectivity index (χ0v) is 11.9. The van der Waals surface area contributed by atoms with E-state index in [1.54, 1.807) is 6.20 Å². The van der Waals surface area contributed by atoms with Crippen LogP contribution < -0.4 is 5.32 Å². The Morgan fingerprint density at radius 3 is 2.86 bits per heavy atom. The van der Waals surface area contributed by atoms with Gasteiger partial charge in [0.15, 0.2) is 0 Å². The van der Waals surface area contributed by atoms with Gasteiger partial charge in [-0.15, -0.1) is 0 Å². The second kappa shape index (κ2) is 5.79. The summed E-state index contributed by atoms with van der Waals surface area (Å²) in [7, 11) is 0. The van der Waals surface area contributed by atoms with Gasteiger partial charge < -0.3 is 5.32 Å². The Bertz CT molecular complexity index is 776. The summed E-state index contributed by atoms with van der Waals surface area (Å²) in [5.41, 5.74) is 3.49. The molecule has 1 N–H and O–H groups in total. The highest BCUT2D eigenvalue weighted by atomic mass is 16.1. The molecule has 0 atom stereocenters. The molecule has 0 saturated carbocycles. The highest BCUT2D eigenvalue weighted by molar-refractivity contribution is 6.00. The van der Waals surface area contributed by atoms with E-state index in [9.17, 15) is 4.79 Å². The van der Waals surface area contributed by atoms with Gasteiger partial charge in [-0.05, 0) is 30.7 Å². The lowest BCUT2D eigenvalue weighted by atomic mass is 10.0. The Labute approximate surface area is 123 Å². The average molecular weight is 279 g/mol. The highest BCUT2D eigenvalue weighted by Crippen LogP contribution is 2.24. The summed E-state index contributed by atoms with van der Waals surface area (Å²) >= 11 is 0. The normalized spacial score (nSPS) is 10.7. The van der Waals surface area contributed by atoms with Crippen molar-refractivity contribution in [1.29, 1.82) is 0 Å². The molecule has 106 valence electrons. The molecule has 0 fully saturated rings. The molecule has 0 aliphatic rings. The van der Waals surface area contributed by atoms with Crippen LogP contribution in [0.15, 0.2) is 54.7 Å². The van der Waals surface area contributed by atoms with E-state index < -0.39 is 0 Å². The van der Waals surface area contributed by atoms with Gasteiger partial charge in [-0.3, -0.25) is 4.79 Å². The lowest BCUT2D eigenvalue weighted by molar-refractivity contribution is 0.0954. The van der Waals surface area contributed by atoms with Gasteiger partial charge in [-0.2, -0.15) is 5.10 Å². The Morgan fingerprint density at radius 1 is 1.14 bits per heavy atom. The smallest absolute Gasteiger partial charge is 0.251 e. The predicted octanol–water partition coefficient (Wildman–Crippen LogP) is 3.14. The van der Waals surface area contributed by atoms with E-state index in [2.05, 4.69) is 10.4 Å². The van der Waals surface area contributed by atoms with Crippen molar-refractivity contribution in [2.75, 3.05) is 6.54 Å². The maximum Gasteiger partial charge on any atom is 0.251 e. The van der Waals surface area contributed by atoms with Gasteiger partial charge in [0, 0.05) is 17.7 Å². The summed E-state index contributed by atoms with van der Waals surface area (Å²) in [6, 6.07) is 15.5. The number of hydrogen-bond donors (Lipinski definition) is 1. The van der Waals surface area contributed by atoms with Gasteiger partial charge in [0.05, 0.1) is 17.4 Å². The molecule has 21 heavy (non-hydrogen) atoms. The molecular weight excluding hydrogens is 262 g/mol. The van der Waals surface area contributed by atoms with E-state index in [1.807, 2.05) is 60.0 Å². The number of rotatable bonds is 4. The first-order valence-corrected chi connectivity index (χ1v) is 7.11. The van der Waals surface area contributed by atoms with Crippen LogP contribution in [0.25, 0.3) is 16.8 Å². The third-order valence-electron chi connectivity index (χ3n) is 3.40. The largest absolute Gasteiger partial charge is 0.352 e. The van der Waals surface area contributed by atoms with Gasteiger partial charge in [0.1, 0.15) is 0 Å². The average Bonchev–Trinajstić information content (AvgIpc) is 3.01. The van der Waals surface area contributed by atoms with Crippen molar-refractivity contribution in [2.24, 2.45) is 0 Å². The SMILES string of the molecule is CCCNC(=O)c1ccccc1-c1cccc2ccnn12. The minimum Gasteiger partial charge on any atom is -0.352 e. The van der Waals surface area contributed by atoms with E-state index in [0.29, 0.717) is 12.1 Å². The lowest BCUT2D eigenvalue weighted by Gasteiger charge is -2.11. The molecule has 1 amide bonds. The fourth-order valence-corrected chi connectivity index (χ4v) is 2.39. The number of hydrogen-bond acceptors (Lipinski definition) is 2. The molecule has 4 nitrogen and oxygen atoms in total. The summed E-state index contributed by atoms with van der Waals surface area (Å²) < 4.78 is 1.85. The van der Waals surface area contributed by atoms with Crippen molar-refractivity contribution in [3.05, 3.63) is 60.3 Å². The molecule has 0 spiro atoms. The standard InChI is InChI=1S/C17H17N3O/c1-2-11-18-17(21)15-8-4-3-7-14(15)16-9-5-6-13-10-12-19-20(13)16/h3-10,12H,2,11H2,1H3,(H,18,21). The molecule has 4 heteroatoms.